The summed E-state index contributed by atoms with van der Waals surface area (Å²) in [5.41, 5.74) is 0.220. The van der Waals surface area contributed by atoms with Crippen LogP contribution in [0.3, 0.4) is 0 Å². The van der Waals surface area contributed by atoms with Crippen molar-refractivity contribution in [1.29, 1.82) is 0 Å². The Bertz CT molecular complexity index is 191. The van der Waals surface area contributed by atoms with E-state index in [2.05, 4.69) is 32.2 Å². The Kier molecular flexibility index (Phi) is 3.37. The highest BCUT2D eigenvalue weighted by atomic mass is 16.5. The van der Waals surface area contributed by atoms with Gasteiger partial charge in [0.2, 0.25) is 0 Å². The highest BCUT2D eigenvalue weighted by Crippen LogP contribution is 2.27. The molecular weight excluding hydrogens is 162 g/mol. The van der Waals surface area contributed by atoms with Crippen LogP contribution in [-0.4, -0.2) is 19.7 Å². The normalized spacial score (nSPS) is 20.5. The zero-order valence-electron chi connectivity index (χ0n) is 9.18. The molecule has 0 amide bonds. The first-order chi connectivity index (χ1) is 6.05. The minimum Gasteiger partial charge on any atom is -0.497 e. The van der Waals surface area contributed by atoms with Crippen molar-refractivity contribution < 1.29 is 4.74 Å². The summed E-state index contributed by atoms with van der Waals surface area (Å²) in [6.45, 7) is 7.56. The van der Waals surface area contributed by atoms with Crippen LogP contribution >= 0.6 is 0 Å². The van der Waals surface area contributed by atoms with Gasteiger partial charge in [-0.1, -0.05) is 20.8 Å². The van der Waals surface area contributed by atoms with Gasteiger partial charge in [0.25, 0.3) is 0 Å². The number of likely N-dealkylation sites (N-methyl/N-ethyl adjacent to an activating group) is 1. The third kappa shape index (κ3) is 2.73. The minimum absolute atomic E-state index is 0.220. The first-order valence-electron chi connectivity index (χ1n) is 5.06. The summed E-state index contributed by atoms with van der Waals surface area (Å²) in [6.07, 6.45) is 4.53. The zero-order valence-corrected chi connectivity index (χ0v) is 9.18. The summed E-state index contributed by atoms with van der Waals surface area (Å²) in [5.74, 6) is 1.13. The van der Waals surface area contributed by atoms with Gasteiger partial charge in [-0.05, 0) is 31.4 Å². The van der Waals surface area contributed by atoms with E-state index in [-0.39, 0.29) is 5.41 Å². The van der Waals surface area contributed by atoms with Crippen molar-refractivity contribution >= 4 is 0 Å². The number of rotatable bonds is 2. The summed E-state index contributed by atoms with van der Waals surface area (Å²) in [6, 6.07) is 0.341. The molecule has 76 valence electrons. The van der Waals surface area contributed by atoms with Gasteiger partial charge in [-0.2, -0.15) is 0 Å². The number of hydrogen-bond donors (Lipinski definition) is 1. The van der Waals surface area contributed by atoms with Crippen LogP contribution in [0, 0.1) is 5.41 Å². The maximum atomic E-state index is 5.66. The Hall–Kier alpha value is -0.500. The van der Waals surface area contributed by atoms with Gasteiger partial charge in [-0.3, -0.25) is 0 Å². The van der Waals surface area contributed by atoms with Gasteiger partial charge in [0.1, 0.15) is 5.76 Å². The molecule has 0 aromatic rings. The van der Waals surface area contributed by atoms with Gasteiger partial charge in [0, 0.05) is 0 Å². The Morgan fingerprint density at radius 3 is 2.54 bits per heavy atom. The van der Waals surface area contributed by atoms with E-state index in [0.717, 1.165) is 25.2 Å². The molecule has 0 aliphatic carbocycles. The maximum absolute atomic E-state index is 5.66. The quantitative estimate of drug-likeness (QED) is 0.709. The topological polar surface area (TPSA) is 21.3 Å². The van der Waals surface area contributed by atoms with Gasteiger partial charge in [-0.25, -0.2) is 0 Å². The number of hydrogen-bond acceptors (Lipinski definition) is 2. The van der Waals surface area contributed by atoms with Crippen molar-refractivity contribution in [2.24, 2.45) is 5.41 Å². The summed E-state index contributed by atoms with van der Waals surface area (Å²) in [4.78, 5) is 0. The molecule has 1 aliphatic rings. The molecule has 1 atom stereocenters. The second-order valence-electron chi connectivity index (χ2n) is 4.68. The van der Waals surface area contributed by atoms with Crippen LogP contribution in [-0.2, 0) is 4.74 Å². The molecule has 1 unspecified atom stereocenters. The van der Waals surface area contributed by atoms with Gasteiger partial charge < -0.3 is 10.1 Å². The van der Waals surface area contributed by atoms with Gasteiger partial charge >= 0.3 is 0 Å². The zero-order chi connectivity index (χ0) is 9.90. The molecule has 1 heterocycles. The molecule has 0 aromatic carbocycles. The monoisotopic (exact) mass is 183 g/mol. The van der Waals surface area contributed by atoms with E-state index in [0.29, 0.717) is 6.04 Å². The summed E-state index contributed by atoms with van der Waals surface area (Å²) in [5, 5.41) is 3.32. The molecule has 2 nitrogen and oxygen atoms in total. The van der Waals surface area contributed by atoms with Gasteiger partial charge in [-0.15, -0.1) is 0 Å². The van der Waals surface area contributed by atoms with Gasteiger partial charge in [0.05, 0.1) is 12.6 Å². The van der Waals surface area contributed by atoms with E-state index in [1.165, 1.54) is 0 Å². The lowest BCUT2D eigenvalue weighted by atomic mass is 9.85. The summed E-state index contributed by atoms with van der Waals surface area (Å²) >= 11 is 0. The number of nitrogens with one attached hydrogen (secondary N) is 1. The fourth-order valence-electron chi connectivity index (χ4n) is 1.78. The summed E-state index contributed by atoms with van der Waals surface area (Å²) < 4.78 is 5.66. The van der Waals surface area contributed by atoms with E-state index >= 15 is 0 Å². The smallest absolute Gasteiger partial charge is 0.109 e. The van der Waals surface area contributed by atoms with E-state index in [4.69, 9.17) is 4.74 Å². The van der Waals surface area contributed by atoms with Crippen LogP contribution in [0.4, 0.5) is 0 Å². The molecular formula is C11H21NO. The van der Waals surface area contributed by atoms with Crippen LogP contribution in [0.2, 0.25) is 0 Å². The average Bonchev–Trinajstić information content (AvgIpc) is 2.05. The average molecular weight is 183 g/mol. The Morgan fingerprint density at radius 1 is 1.46 bits per heavy atom. The highest BCUT2D eigenvalue weighted by molar-refractivity contribution is 5.09. The Morgan fingerprint density at radius 2 is 2.15 bits per heavy atom. The predicted molar refractivity (Wildman–Crippen MR) is 55.6 cm³/mol. The molecule has 2 heteroatoms. The van der Waals surface area contributed by atoms with E-state index in [9.17, 15) is 0 Å². The Labute approximate surface area is 81.4 Å². The van der Waals surface area contributed by atoms with E-state index < -0.39 is 0 Å². The third-order valence-corrected chi connectivity index (χ3v) is 2.40. The third-order valence-electron chi connectivity index (χ3n) is 2.40. The van der Waals surface area contributed by atoms with Crippen molar-refractivity contribution in [1.82, 2.24) is 5.32 Å². The molecule has 1 aliphatic heterocycles. The second kappa shape index (κ2) is 4.14. The largest absolute Gasteiger partial charge is 0.497 e. The molecule has 0 saturated carbocycles. The van der Waals surface area contributed by atoms with Crippen LogP contribution in [0.25, 0.3) is 0 Å². The number of ether oxygens (including phenoxy) is 1. The highest BCUT2D eigenvalue weighted by Gasteiger charge is 2.28. The fraction of sp³-hybridized carbons (Fsp3) is 0.818. The SMILES string of the molecule is CNC(C1=CCCCO1)C(C)(C)C. The fourth-order valence-corrected chi connectivity index (χ4v) is 1.78. The predicted octanol–water partition coefficient (Wildman–Crippen LogP) is 2.31. The lowest BCUT2D eigenvalue weighted by Crippen LogP contribution is -2.41. The molecule has 0 aromatic heterocycles. The van der Waals surface area contributed by atoms with Crippen LogP contribution in [0.5, 0.6) is 0 Å². The molecule has 0 fully saturated rings. The first-order valence-corrected chi connectivity index (χ1v) is 5.06. The van der Waals surface area contributed by atoms with Crippen LogP contribution in [0.1, 0.15) is 33.6 Å². The maximum Gasteiger partial charge on any atom is 0.109 e. The van der Waals surface area contributed by atoms with Crippen molar-refractivity contribution in [3.8, 4) is 0 Å². The van der Waals surface area contributed by atoms with Crippen LogP contribution in [0.15, 0.2) is 11.8 Å². The molecule has 1 N–H and O–H groups in total. The van der Waals surface area contributed by atoms with Crippen molar-refractivity contribution in [2.45, 2.75) is 39.7 Å². The molecule has 0 bridgehead atoms. The minimum atomic E-state index is 0.220. The Balaban J connectivity index is 2.70. The van der Waals surface area contributed by atoms with Crippen molar-refractivity contribution in [2.75, 3.05) is 13.7 Å². The molecule has 0 radical (unpaired) electrons. The second-order valence-corrected chi connectivity index (χ2v) is 4.68. The number of allylic oxidation sites excluding steroid dienone is 1. The standard InChI is InChI=1S/C11H21NO/c1-11(2,3)10(12-4)9-7-5-6-8-13-9/h7,10,12H,5-6,8H2,1-4H3. The van der Waals surface area contributed by atoms with Crippen molar-refractivity contribution in [3.05, 3.63) is 11.8 Å². The lowest BCUT2D eigenvalue weighted by Gasteiger charge is -2.33. The van der Waals surface area contributed by atoms with Crippen LogP contribution < -0.4 is 5.32 Å². The molecule has 1 rings (SSSR count). The van der Waals surface area contributed by atoms with Gasteiger partial charge in [0.15, 0.2) is 0 Å². The molecule has 0 saturated heterocycles. The van der Waals surface area contributed by atoms with Crippen molar-refractivity contribution in [3.63, 3.8) is 0 Å². The summed E-state index contributed by atoms with van der Waals surface area (Å²) in [7, 11) is 1.99. The molecule has 13 heavy (non-hydrogen) atoms. The lowest BCUT2D eigenvalue weighted by molar-refractivity contribution is 0.135. The van der Waals surface area contributed by atoms with E-state index in [1.54, 1.807) is 0 Å². The first kappa shape index (κ1) is 10.6. The molecule has 0 spiro atoms. The van der Waals surface area contributed by atoms with E-state index in [1.807, 2.05) is 7.05 Å².